The molecule has 0 aromatic heterocycles. The van der Waals surface area contributed by atoms with Gasteiger partial charge in [0, 0.05) is 29.5 Å². The number of rotatable bonds is 6. The third kappa shape index (κ3) is 3.15. The van der Waals surface area contributed by atoms with E-state index in [1.54, 1.807) is 6.07 Å². The van der Waals surface area contributed by atoms with Crippen LogP contribution in [-0.2, 0) is 5.88 Å². The van der Waals surface area contributed by atoms with Crippen LogP contribution in [0.3, 0.4) is 0 Å². The van der Waals surface area contributed by atoms with E-state index < -0.39 is 4.92 Å². The van der Waals surface area contributed by atoms with Crippen LogP contribution in [0.15, 0.2) is 18.2 Å². The van der Waals surface area contributed by atoms with Crippen molar-refractivity contribution >= 4 is 17.3 Å². The molecule has 0 spiro atoms. The minimum atomic E-state index is -0.460. The molecule has 0 saturated heterocycles. The van der Waals surface area contributed by atoms with Crippen molar-refractivity contribution in [1.29, 1.82) is 5.26 Å². The van der Waals surface area contributed by atoms with Crippen molar-refractivity contribution in [2.45, 2.75) is 25.1 Å². The van der Waals surface area contributed by atoms with Crippen LogP contribution >= 0.6 is 11.6 Å². The van der Waals surface area contributed by atoms with Gasteiger partial charge < -0.3 is 4.74 Å². The van der Waals surface area contributed by atoms with Gasteiger partial charge in [-0.15, -0.1) is 11.6 Å². The first-order valence-corrected chi connectivity index (χ1v) is 6.47. The summed E-state index contributed by atoms with van der Waals surface area (Å²) in [4.78, 5) is 10.2. The second kappa shape index (κ2) is 5.45. The molecule has 100 valence electrons. The van der Waals surface area contributed by atoms with Crippen LogP contribution < -0.4 is 4.74 Å². The fourth-order valence-electron chi connectivity index (χ4n) is 1.87. The van der Waals surface area contributed by atoms with Crippen molar-refractivity contribution in [3.05, 3.63) is 33.9 Å². The standard InChI is InChI=1S/C13H13ClN2O3/c14-8-10-7-11(16(17)18)1-2-12(10)19-9-13(3-4-13)5-6-15/h1-2,7H,3-5,8-9H2. The lowest BCUT2D eigenvalue weighted by Crippen LogP contribution is -2.13. The van der Waals surface area contributed by atoms with Gasteiger partial charge >= 0.3 is 0 Å². The zero-order chi connectivity index (χ0) is 13.9. The lowest BCUT2D eigenvalue weighted by molar-refractivity contribution is -0.384. The van der Waals surface area contributed by atoms with Crippen LogP contribution in [0.2, 0.25) is 0 Å². The van der Waals surface area contributed by atoms with Crippen molar-refractivity contribution in [2.24, 2.45) is 5.41 Å². The predicted octanol–water partition coefficient (Wildman–Crippen LogP) is 3.41. The summed E-state index contributed by atoms with van der Waals surface area (Å²) in [5, 5.41) is 19.4. The second-order valence-corrected chi connectivity index (χ2v) is 5.07. The van der Waals surface area contributed by atoms with Gasteiger partial charge in [-0.1, -0.05) is 0 Å². The average Bonchev–Trinajstić information content (AvgIpc) is 3.16. The van der Waals surface area contributed by atoms with Crippen LogP contribution in [0.1, 0.15) is 24.8 Å². The Labute approximate surface area is 115 Å². The monoisotopic (exact) mass is 280 g/mol. The van der Waals surface area contributed by atoms with E-state index in [4.69, 9.17) is 21.6 Å². The molecule has 0 unspecified atom stereocenters. The molecule has 6 heteroatoms. The maximum Gasteiger partial charge on any atom is 0.270 e. The third-order valence-corrected chi connectivity index (χ3v) is 3.63. The van der Waals surface area contributed by atoms with Crippen LogP contribution in [0.5, 0.6) is 5.75 Å². The third-order valence-electron chi connectivity index (χ3n) is 3.34. The molecule has 0 radical (unpaired) electrons. The number of alkyl halides is 1. The Balaban J connectivity index is 2.08. The average molecular weight is 281 g/mol. The van der Waals surface area contributed by atoms with Gasteiger partial charge in [-0.3, -0.25) is 10.1 Å². The molecule has 0 atom stereocenters. The first kappa shape index (κ1) is 13.6. The lowest BCUT2D eigenvalue weighted by atomic mass is 10.1. The van der Waals surface area contributed by atoms with Gasteiger partial charge in [0.1, 0.15) is 5.75 Å². The van der Waals surface area contributed by atoms with E-state index in [2.05, 4.69) is 6.07 Å². The smallest absolute Gasteiger partial charge is 0.270 e. The van der Waals surface area contributed by atoms with Crippen LogP contribution in [0.25, 0.3) is 0 Å². The molecule has 1 saturated carbocycles. The van der Waals surface area contributed by atoms with Crippen LogP contribution in [0, 0.1) is 26.9 Å². The molecule has 2 rings (SSSR count). The number of nitro benzene ring substituents is 1. The van der Waals surface area contributed by atoms with Gasteiger partial charge in [-0.05, 0) is 18.9 Å². The highest BCUT2D eigenvalue weighted by Crippen LogP contribution is 2.48. The molecule has 1 aromatic rings. The maximum atomic E-state index is 10.7. The Morgan fingerprint density at radius 2 is 2.26 bits per heavy atom. The van der Waals surface area contributed by atoms with E-state index in [-0.39, 0.29) is 17.0 Å². The summed E-state index contributed by atoms with van der Waals surface area (Å²) in [7, 11) is 0. The number of halogens is 1. The van der Waals surface area contributed by atoms with Crippen LogP contribution in [0.4, 0.5) is 5.69 Å². The fourth-order valence-corrected chi connectivity index (χ4v) is 2.08. The van der Waals surface area contributed by atoms with Gasteiger partial charge in [-0.2, -0.15) is 5.26 Å². The molecule has 1 aliphatic rings. The highest BCUT2D eigenvalue weighted by atomic mass is 35.5. The number of nitrogens with zero attached hydrogens (tertiary/aromatic N) is 2. The number of benzene rings is 1. The molecule has 0 heterocycles. The zero-order valence-electron chi connectivity index (χ0n) is 10.3. The highest BCUT2D eigenvalue weighted by molar-refractivity contribution is 6.17. The van der Waals surface area contributed by atoms with Crippen molar-refractivity contribution in [1.82, 2.24) is 0 Å². The fraction of sp³-hybridized carbons (Fsp3) is 0.462. The Morgan fingerprint density at radius 1 is 1.53 bits per heavy atom. The van der Waals surface area contributed by atoms with E-state index >= 15 is 0 Å². The Kier molecular flexibility index (Phi) is 3.91. The first-order valence-electron chi connectivity index (χ1n) is 5.93. The molecular weight excluding hydrogens is 268 g/mol. The van der Waals surface area contributed by atoms with Crippen molar-refractivity contribution in [3.63, 3.8) is 0 Å². The largest absolute Gasteiger partial charge is 0.493 e. The Bertz CT molecular complexity index is 535. The Morgan fingerprint density at radius 3 is 2.79 bits per heavy atom. The van der Waals surface area contributed by atoms with E-state index in [0.29, 0.717) is 24.3 Å². The molecule has 1 fully saturated rings. The van der Waals surface area contributed by atoms with Crippen molar-refractivity contribution in [2.75, 3.05) is 6.61 Å². The second-order valence-electron chi connectivity index (χ2n) is 4.81. The molecule has 1 aromatic carbocycles. The SMILES string of the molecule is N#CCC1(COc2ccc([N+](=O)[O-])cc2CCl)CC1. The molecule has 5 nitrogen and oxygen atoms in total. The van der Waals surface area contributed by atoms with Gasteiger partial charge in [0.2, 0.25) is 0 Å². The minimum Gasteiger partial charge on any atom is -0.493 e. The van der Waals surface area contributed by atoms with E-state index in [1.807, 2.05) is 0 Å². The molecular formula is C13H13ClN2O3. The molecule has 0 bridgehead atoms. The molecule has 1 aliphatic carbocycles. The normalized spacial score (nSPS) is 15.6. The van der Waals surface area contributed by atoms with E-state index in [1.165, 1.54) is 12.1 Å². The maximum absolute atomic E-state index is 10.7. The summed E-state index contributed by atoms with van der Waals surface area (Å²) >= 11 is 5.78. The zero-order valence-corrected chi connectivity index (χ0v) is 11.0. The summed E-state index contributed by atoms with van der Waals surface area (Å²) in [5.41, 5.74) is 0.574. The molecule has 0 aliphatic heterocycles. The summed E-state index contributed by atoms with van der Waals surface area (Å²) in [6, 6.07) is 6.55. The summed E-state index contributed by atoms with van der Waals surface area (Å²) in [6.07, 6.45) is 2.46. The summed E-state index contributed by atoms with van der Waals surface area (Å²) in [6.45, 7) is 0.461. The number of non-ortho nitro benzene ring substituents is 1. The summed E-state index contributed by atoms with van der Waals surface area (Å²) in [5.74, 6) is 0.715. The van der Waals surface area contributed by atoms with Crippen LogP contribution in [-0.4, -0.2) is 11.5 Å². The number of ether oxygens (including phenoxy) is 1. The molecule has 0 amide bonds. The number of hydrogen-bond acceptors (Lipinski definition) is 4. The number of nitro groups is 1. The summed E-state index contributed by atoms with van der Waals surface area (Å²) < 4.78 is 5.68. The van der Waals surface area contributed by atoms with Crippen molar-refractivity contribution in [3.8, 4) is 11.8 Å². The number of hydrogen-bond donors (Lipinski definition) is 0. The molecule has 19 heavy (non-hydrogen) atoms. The lowest BCUT2D eigenvalue weighted by Gasteiger charge is -2.14. The van der Waals surface area contributed by atoms with Gasteiger partial charge in [-0.25, -0.2) is 0 Å². The quantitative estimate of drug-likeness (QED) is 0.454. The van der Waals surface area contributed by atoms with Gasteiger partial charge in [0.05, 0.1) is 23.5 Å². The van der Waals surface area contributed by atoms with Gasteiger partial charge in [0.15, 0.2) is 0 Å². The van der Waals surface area contributed by atoms with Gasteiger partial charge in [0.25, 0.3) is 5.69 Å². The van der Waals surface area contributed by atoms with E-state index in [9.17, 15) is 10.1 Å². The first-order chi connectivity index (χ1) is 9.10. The predicted molar refractivity (Wildman–Crippen MR) is 70.0 cm³/mol. The minimum absolute atomic E-state index is 0.00107. The van der Waals surface area contributed by atoms with Crippen molar-refractivity contribution < 1.29 is 9.66 Å². The van der Waals surface area contributed by atoms with E-state index in [0.717, 1.165) is 12.8 Å². The number of nitriles is 1. The highest BCUT2D eigenvalue weighted by Gasteiger charge is 2.43. The topological polar surface area (TPSA) is 76.2 Å². The molecule has 0 N–H and O–H groups in total. The Hall–Kier alpha value is -1.80.